The summed E-state index contributed by atoms with van der Waals surface area (Å²) in [6, 6.07) is 46.4. The van der Waals surface area contributed by atoms with Crippen molar-refractivity contribution in [3.8, 4) is 11.6 Å². The SMILES string of the molecule is CCn1c2[n+](c3ccccc31)CC[n+]1c-2n(CCCCCCN2c3ccccc3N(c3ccccc3)c3ccccc32)c2ccccc21.[B]B([B])B(CB([B])B(B([B])[B])B([B])[B]C)B(B([B])[B])B(C)C.[H-].[H-]. The minimum Gasteiger partial charge on any atom is -1.00 e. The Morgan fingerprint density at radius 3 is 1.51 bits per heavy atom. The number of para-hydroxylation sites is 9. The zero-order valence-corrected chi connectivity index (χ0v) is 41.8. The van der Waals surface area contributed by atoms with Crippen LogP contribution in [0, 0.1) is 0 Å². The molecule has 2 aliphatic heterocycles. The molecule has 7 aromatic rings. The van der Waals surface area contributed by atoms with Gasteiger partial charge in [0.15, 0.2) is 22.1 Å². The number of hydrogen-bond donors (Lipinski definition) is 0. The monoisotopic (exact) mass is 890 g/mol. The van der Waals surface area contributed by atoms with Gasteiger partial charge in [0.05, 0.1) is 49.6 Å². The minimum atomic E-state index is -0.625. The molecule has 9 rings (SSSR count). The molecular formula is C46H55B18N6. The summed E-state index contributed by atoms with van der Waals surface area (Å²) in [5, 5.41) is 0. The van der Waals surface area contributed by atoms with Crippen LogP contribution in [0.15, 0.2) is 127 Å². The minimum absolute atomic E-state index is 0. The molecule has 24 heteroatoms. The van der Waals surface area contributed by atoms with Crippen LogP contribution < -0.4 is 18.9 Å². The Morgan fingerprint density at radius 1 is 0.543 bits per heavy atom. The van der Waals surface area contributed by atoms with E-state index in [0.717, 1.165) is 45.6 Å². The Morgan fingerprint density at radius 2 is 1.01 bits per heavy atom. The van der Waals surface area contributed by atoms with E-state index in [2.05, 4.69) is 162 Å². The van der Waals surface area contributed by atoms with Crippen molar-refractivity contribution >= 4 is 177 Å². The fourth-order valence-corrected chi connectivity index (χ4v) is 11.6. The first-order valence-corrected chi connectivity index (χ1v) is 25.5. The van der Waals surface area contributed by atoms with Gasteiger partial charge in [-0.15, -0.1) is 13.0 Å². The molecule has 0 bridgehead atoms. The number of anilines is 5. The highest BCUT2D eigenvalue weighted by atomic mass is 15.3. The van der Waals surface area contributed by atoms with E-state index in [-0.39, 0.29) is 41.6 Å². The van der Waals surface area contributed by atoms with Gasteiger partial charge in [0, 0.05) is 125 Å². The van der Waals surface area contributed by atoms with E-state index >= 15 is 0 Å². The molecule has 0 amide bonds. The summed E-state index contributed by atoms with van der Waals surface area (Å²) in [5.74, 6) is 2.69. The lowest BCUT2D eigenvalue weighted by Crippen LogP contribution is -2.69. The lowest BCUT2D eigenvalue weighted by molar-refractivity contribution is -0.772. The first-order chi connectivity index (χ1) is 33.9. The molecule has 0 spiro atoms. The summed E-state index contributed by atoms with van der Waals surface area (Å²) in [5.41, 5.74) is 11.6. The lowest BCUT2D eigenvalue weighted by Gasteiger charge is -2.40. The summed E-state index contributed by atoms with van der Waals surface area (Å²) in [6.45, 7) is 12.9. The van der Waals surface area contributed by atoms with Crippen LogP contribution in [-0.2, 0) is 26.2 Å². The molecule has 0 N–H and O–H groups in total. The number of aromatic nitrogens is 4. The van der Waals surface area contributed by atoms with Gasteiger partial charge in [0.1, 0.15) is 13.1 Å². The van der Waals surface area contributed by atoms with Crippen molar-refractivity contribution in [1.82, 2.24) is 9.13 Å². The molecule has 5 aromatic carbocycles. The van der Waals surface area contributed by atoms with Crippen molar-refractivity contribution in [1.29, 1.82) is 0 Å². The van der Waals surface area contributed by atoms with Gasteiger partial charge in [-0.25, -0.2) is 18.3 Å². The Kier molecular flexibility index (Phi) is 17.6. The third-order valence-corrected chi connectivity index (χ3v) is 14.9. The molecule has 6 nitrogen and oxygen atoms in total. The van der Waals surface area contributed by atoms with Gasteiger partial charge >= 0.3 is 11.6 Å². The van der Waals surface area contributed by atoms with Crippen molar-refractivity contribution in [2.75, 3.05) is 16.3 Å². The predicted molar refractivity (Wildman–Crippen MR) is 324 cm³/mol. The largest absolute Gasteiger partial charge is 1.00 e. The molecule has 0 saturated heterocycles. The van der Waals surface area contributed by atoms with Gasteiger partial charge in [0.2, 0.25) is 0 Å². The Hall–Kier alpha value is -4.19. The molecule has 2 aromatic heterocycles. The van der Waals surface area contributed by atoms with Gasteiger partial charge < -0.3 is 12.7 Å². The van der Waals surface area contributed by atoms with Gasteiger partial charge in [0.25, 0.3) is 0 Å². The topological polar surface area (TPSA) is 24.1 Å². The number of benzene rings is 5. The summed E-state index contributed by atoms with van der Waals surface area (Å²) in [6.07, 6.45) is 2.88. The summed E-state index contributed by atoms with van der Waals surface area (Å²) in [7, 11) is 49.7. The molecule has 2 aliphatic rings. The fraction of sp³-hybridized carbons (Fsp3) is 0.304. The normalized spacial score (nSPS) is 12.2. The highest BCUT2D eigenvalue weighted by molar-refractivity contribution is 8.00. The van der Waals surface area contributed by atoms with Crippen LogP contribution in [0.5, 0.6) is 0 Å². The number of fused-ring (bicyclic) bond motifs is 9. The Bertz CT molecular complexity index is 2750. The Balaban J connectivity index is 0.000000303. The number of nitrogens with zero attached hydrogens (tertiary/aromatic N) is 6. The van der Waals surface area contributed by atoms with Crippen molar-refractivity contribution in [2.45, 2.75) is 85.5 Å². The van der Waals surface area contributed by atoms with Crippen molar-refractivity contribution < 1.29 is 12.0 Å². The van der Waals surface area contributed by atoms with Crippen LogP contribution >= 0.6 is 0 Å². The van der Waals surface area contributed by atoms with Crippen LogP contribution in [0.3, 0.4) is 0 Å². The number of aryl methyl sites for hydroxylation is 4. The predicted octanol–water partition coefficient (Wildman–Crippen LogP) is 4.64. The van der Waals surface area contributed by atoms with E-state index in [9.17, 15) is 0 Å². The first-order valence-electron chi connectivity index (χ1n) is 25.5. The summed E-state index contributed by atoms with van der Waals surface area (Å²) >= 11 is 0. The second-order valence-corrected chi connectivity index (χ2v) is 19.6. The molecule has 70 heavy (non-hydrogen) atoms. The maximum Gasteiger partial charge on any atom is 0.374 e. The highest BCUT2D eigenvalue weighted by Crippen LogP contribution is 2.51. The van der Waals surface area contributed by atoms with Crippen LogP contribution in [0.1, 0.15) is 35.5 Å². The van der Waals surface area contributed by atoms with Crippen molar-refractivity contribution in [2.24, 2.45) is 0 Å². The smallest absolute Gasteiger partial charge is 0.374 e. The molecule has 0 fully saturated rings. The molecule has 0 aliphatic carbocycles. The van der Waals surface area contributed by atoms with Gasteiger partial charge in [-0.05, 0) is 86.8 Å². The van der Waals surface area contributed by atoms with E-state index < -0.39 is 19.2 Å². The third kappa shape index (κ3) is 10.6. The Labute approximate surface area is 437 Å². The summed E-state index contributed by atoms with van der Waals surface area (Å²) < 4.78 is 10.3. The van der Waals surface area contributed by atoms with Crippen LogP contribution in [0.2, 0.25) is 26.7 Å². The molecule has 323 valence electrons. The van der Waals surface area contributed by atoms with E-state index in [4.69, 9.17) is 61.9 Å². The number of hydrogen-bond acceptors (Lipinski definition) is 2. The third-order valence-electron chi connectivity index (χ3n) is 14.9. The van der Waals surface area contributed by atoms with Crippen LogP contribution in [0.25, 0.3) is 33.7 Å². The standard InChI is InChI=1S/C42H42N6.C4H11B18.2H/c1-2-43-33-20-8-9-21-34(33)46-30-31-47-36-23-11-10-22-35(36)45(42(47)41(43)46)29-17-4-3-16-28-44-37-24-12-14-26-39(37)48(32-18-6-5-7-19-32)40-27-15-13-25-38(40)44;1-13-20(12)22(19(10)11)15(5)4-16(17(6)7)21(14(2)3)18(8)9;;/h5-15,18-27H,2-4,16-17,28-31H2,1H3;4H2,1-3H3;;/q+2;;2*-1. The maximum atomic E-state index is 6.32. The molecule has 0 saturated carbocycles. The van der Waals surface area contributed by atoms with Gasteiger partial charge in [-0.1, -0.05) is 86.8 Å². The molecule has 0 unspecified atom stereocenters. The van der Waals surface area contributed by atoms with Crippen molar-refractivity contribution in [3.63, 3.8) is 0 Å². The van der Waals surface area contributed by atoms with E-state index in [0.29, 0.717) is 6.22 Å². The maximum absolute atomic E-state index is 6.32. The lowest BCUT2D eigenvalue weighted by atomic mass is 8.54. The number of unbranched alkanes of at least 4 members (excludes halogenated alkanes) is 3. The van der Waals surface area contributed by atoms with E-state index in [1.54, 1.807) is 0 Å². The van der Waals surface area contributed by atoms with Crippen LogP contribution in [0.4, 0.5) is 28.4 Å². The van der Waals surface area contributed by atoms with Crippen molar-refractivity contribution in [3.05, 3.63) is 127 Å². The average Bonchev–Trinajstić information content (AvgIpc) is 3.86. The summed E-state index contributed by atoms with van der Waals surface area (Å²) in [4.78, 5) is 4.95. The molecular weight excluding hydrogens is 831 g/mol. The second-order valence-electron chi connectivity index (χ2n) is 19.6. The average molecular weight is 887 g/mol. The van der Waals surface area contributed by atoms with Crippen LogP contribution in [-0.4, -0.2) is 143 Å². The number of imidazole rings is 2. The first kappa shape index (κ1) is 52.1. The quantitative estimate of drug-likeness (QED) is 0.0673. The molecule has 17 radical (unpaired) electrons. The molecule has 0 atom stereocenters. The van der Waals surface area contributed by atoms with Gasteiger partial charge in [-0.3, -0.25) is 0 Å². The zero-order valence-electron chi connectivity index (χ0n) is 43.8. The molecule has 4 heterocycles. The van der Waals surface area contributed by atoms with E-state index in [1.165, 1.54) is 75.0 Å². The van der Waals surface area contributed by atoms with E-state index in [1.807, 2.05) is 27.6 Å². The zero-order chi connectivity index (χ0) is 49.6. The van der Waals surface area contributed by atoms with Gasteiger partial charge in [-0.2, -0.15) is 0 Å². The number of rotatable bonds is 19. The highest BCUT2D eigenvalue weighted by Gasteiger charge is 2.42. The fourth-order valence-electron chi connectivity index (χ4n) is 11.6. The second kappa shape index (κ2) is 23.6.